The average molecular weight is 403 g/mol. The first-order valence-electron chi connectivity index (χ1n) is 9.43. The summed E-state index contributed by atoms with van der Waals surface area (Å²) in [5.41, 5.74) is -0.756. The molecule has 158 valence electrons. The highest BCUT2D eigenvalue weighted by molar-refractivity contribution is 5.97. The van der Waals surface area contributed by atoms with Crippen molar-refractivity contribution < 1.29 is 32.2 Å². The molecule has 0 aliphatic carbocycles. The molecule has 1 unspecified atom stereocenters. The molecular formula is C20H28F3NO4. The third-order valence-electron chi connectivity index (χ3n) is 4.26. The van der Waals surface area contributed by atoms with Crippen LogP contribution in [0.15, 0.2) is 6.07 Å². The lowest BCUT2D eigenvalue weighted by molar-refractivity contribution is -0.147. The van der Waals surface area contributed by atoms with Crippen LogP contribution in [0.2, 0.25) is 0 Å². The molecule has 1 N–H and O–H groups in total. The summed E-state index contributed by atoms with van der Waals surface area (Å²) in [4.78, 5) is 24.6. The summed E-state index contributed by atoms with van der Waals surface area (Å²) in [6.07, 6.45) is 4.91. The Morgan fingerprint density at radius 1 is 1.07 bits per heavy atom. The van der Waals surface area contributed by atoms with Gasteiger partial charge in [-0.05, 0) is 18.4 Å². The van der Waals surface area contributed by atoms with Gasteiger partial charge in [0.05, 0.1) is 19.3 Å². The van der Waals surface area contributed by atoms with E-state index in [9.17, 15) is 22.8 Å². The molecule has 8 heteroatoms. The van der Waals surface area contributed by atoms with E-state index in [4.69, 9.17) is 4.74 Å². The number of esters is 1. The van der Waals surface area contributed by atoms with Gasteiger partial charge < -0.3 is 14.8 Å². The van der Waals surface area contributed by atoms with Gasteiger partial charge >= 0.3 is 5.97 Å². The van der Waals surface area contributed by atoms with Crippen LogP contribution < -0.4 is 10.1 Å². The van der Waals surface area contributed by atoms with Crippen LogP contribution in [0.3, 0.4) is 0 Å². The summed E-state index contributed by atoms with van der Waals surface area (Å²) in [6.45, 7) is 5.67. The van der Waals surface area contributed by atoms with Crippen molar-refractivity contribution in [3.8, 4) is 5.75 Å². The lowest BCUT2D eigenvalue weighted by atomic mass is 10.0. The van der Waals surface area contributed by atoms with E-state index in [0.717, 1.165) is 32.8 Å². The van der Waals surface area contributed by atoms with Crippen LogP contribution in [0.5, 0.6) is 5.75 Å². The number of amides is 1. The number of benzene rings is 1. The molecule has 0 bridgehead atoms. The second kappa shape index (κ2) is 11.6. The first-order valence-corrected chi connectivity index (χ1v) is 9.43. The maximum atomic E-state index is 14.3. The van der Waals surface area contributed by atoms with Crippen molar-refractivity contribution >= 4 is 11.9 Å². The molecule has 1 rings (SSSR count). The van der Waals surface area contributed by atoms with E-state index >= 15 is 0 Å². The van der Waals surface area contributed by atoms with Gasteiger partial charge in [-0.1, -0.05) is 46.5 Å². The molecule has 0 fully saturated rings. The fourth-order valence-electron chi connectivity index (χ4n) is 2.61. The zero-order valence-corrected chi connectivity index (χ0v) is 16.7. The Labute approximate surface area is 163 Å². The number of methoxy groups -OCH3 is 1. The standard InChI is InChI=1S/C20H28F3NO4/c1-5-6-7-8-9-10-28-20(26)17(12(2)3)24-19(25)13-11-14(21)16(23)18(27-4)15(13)22/h11-12,17H,5-10H2,1-4H3,(H,24,25). The highest BCUT2D eigenvalue weighted by Crippen LogP contribution is 2.27. The minimum Gasteiger partial charge on any atom is -0.491 e. The Balaban J connectivity index is 2.80. The topological polar surface area (TPSA) is 64.6 Å². The number of halogens is 3. The van der Waals surface area contributed by atoms with E-state index in [1.807, 2.05) is 0 Å². The van der Waals surface area contributed by atoms with Gasteiger partial charge in [-0.15, -0.1) is 0 Å². The van der Waals surface area contributed by atoms with Crippen molar-refractivity contribution in [2.24, 2.45) is 5.92 Å². The van der Waals surface area contributed by atoms with Gasteiger partial charge in [0, 0.05) is 0 Å². The van der Waals surface area contributed by atoms with Crippen LogP contribution in [0, 0.1) is 23.4 Å². The summed E-state index contributed by atoms with van der Waals surface area (Å²) in [6, 6.07) is -0.624. The van der Waals surface area contributed by atoms with Crippen LogP contribution >= 0.6 is 0 Å². The molecule has 0 radical (unpaired) electrons. The molecule has 1 aromatic carbocycles. The average Bonchev–Trinajstić information content (AvgIpc) is 2.65. The molecule has 0 aliphatic heterocycles. The van der Waals surface area contributed by atoms with E-state index in [0.29, 0.717) is 12.5 Å². The maximum Gasteiger partial charge on any atom is 0.328 e. The summed E-state index contributed by atoms with van der Waals surface area (Å²) in [7, 11) is 0.956. The molecule has 28 heavy (non-hydrogen) atoms. The smallest absolute Gasteiger partial charge is 0.328 e. The van der Waals surface area contributed by atoms with E-state index in [1.54, 1.807) is 13.8 Å². The monoisotopic (exact) mass is 403 g/mol. The van der Waals surface area contributed by atoms with Crippen LogP contribution in [-0.4, -0.2) is 31.6 Å². The highest BCUT2D eigenvalue weighted by atomic mass is 19.2. The van der Waals surface area contributed by atoms with Gasteiger partial charge in [0.2, 0.25) is 5.82 Å². The number of ether oxygens (including phenoxy) is 2. The van der Waals surface area contributed by atoms with E-state index in [-0.39, 0.29) is 12.5 Å². The molecule has 0 spiro atoms. The Morgan fingerprint density at radius 3 is 2.29 bits per heavy atom. The molecule has 1 aromatic rings. The van der Waals surface area contributed by atoms with Crippen molar-refractivity contribution in [2.45, 2.75) is 58.9 Å². The molecule has 0 saturated carbocycles. The predicted molar refractivity (Wildman–Crippen MR) is 98.7 cm³/mol. The first-order chi connectivity index (χ1) is 13.2. The fourth-order valence-corrected chi connectivity index (χ4v) is 2.61. The first kappa shape index (κ1) is 23.8. The van der Waals surface area contributed by atoms with Gasteiger partial charge in [0.25, 0.3) is 5.91 Å². The van der Waals surface area contributed by atoms with Gasteiger partial charge in [0.15, 0.2) is 17.4 Å². The van der Waals surface area contributed by atoms with Crippen molar-refractivity contribution in [1.29, 1.82) is 0 Å². The highest BCUT2D eigenvalue weighted by Gasteiger charge is 2.29. The number of nitrogens with one attached hydrogen (secondary N) is 1. The van der Waals surface area contributed by atoms with Crippen LogP contribution in [-0.2, 0) is 9.53 Å². The largest absolute Gasteiger partial charge is 0.491 e. The lowest BCUT2D eigenvalue weighted by Crippen LogP contribution is -2.45. The van der Waals surface area contributed by atoms with E-state index in [1.165, 1.54) is 0 Å². The quantitative estimate of drug-likeness (QED) is 0.338. The normalized spacial score (nSPS) is 12.0. The molecular weight excluding hydrogens is 375 g/mol. The van der Waals surface area contributed by atoms with Gasteiger partial charge in [-0.2, -0.15) is 4.39 Å². The fraction of sp³-hybridized carbons (Fsp3) is 0.600. The Hall–Kier alpha value is -2.25. The molecule has 1 atom stereocenters. The van der Waals surface area contributed by atoms with Crippen molar-refractivity contribution in [2.75, 3.05) is 13.7 Å². The van der Waals surface area contributed by atoms with Crippen molar-refractivity contribution in [1.82, 2.24) is 5.32 Å². The summed E-state index contributed by atoms with van der Waals surface area (Å²) in [5, 5.41) is 2.33. The Bertz CT molecular complexity index is 680. The SMILES string of the molecule is CCCCCCCOC(=O)C(NC(=O)c1cc(F)c(F)c(OC)c1F)C(C)C. The second-order valence-electron chi connectivity index (χ2n) is 6.84. The van der Waals surface area contributed by atoms with Gasteiger partial charge in [-0.3, -0.25) is 4.79 Å². The number of hydrogen-bond donors (Lipinski definition) is 1. The third-order valence-corrected chi connectivity index (χ3v) is 4.26. The lowest BCUT2D eigenvalue weighted by Gasteiger charge is -2.21. The zero-order chi connectivity index (χ0) is 21.3. The minimum absolute atomic E-state index is 0.217. The van der Waals surface area contributed by atoms with E-state index in [2.05, 4.69) is 17.0 Å². The number of carbonyl (C=O) groups is 2. The van der Waals surface area contributed by atoms with Crippen molar-refractivity contribution in [3.05, 3.63) is 29.1 Å². The number of hydrogen-bond acceptors (Lipinski definition) is 4. The molecule has 0 aliphatic rings. The summed E-state index contributed by atoms with van der Waals surface area (Å²) >= 11 is 0. The third kappa shape index (κ3) is 6.42. The second-order valence-corrected chi connectivity index (χ2v) is 6.84. The van der Waals surface area contributed by atoms with Crippen LogP contribution in [0.1, 0.15) is 63.2 Å². The zero-order valence-electron chi connectivity index (χ0n) is 16.7. The Morgan fingerprint density at radius 2 is 1.71 bits per heavy atom. The van der Waals surface area contributed by atoms with Crippen molar-refractivity contribution in [3.63, 3.8) is 0 Å². The van der Waals surface area contributed by atoms with E-state index < -0.39 is 46.7 Å². The number of carbonyl (C=O) groups excluding carboxylic acids is 2. The van der Waals surface area contributed by atoms with Gasteiger partial charge in [0.1, 0.15) is 6.04 Å². The molecule has 0 heterocycles. The van der Waals surface area contributed by atoms with Crippen LogP contribution in [0.25, 0.3) is 0 Å². The number of unbranched alkanes of at least 4 members (excludes halogenated alkanes) is 4. The van der Waals surface area contributed by atoms with Gasteiger partial charge in [-0.25, -0.2) is 13.6 Å². The number of rotatable bonds is 11. The molecule has 1 amide bonds. The predicted octanol–water partition coefficient (Wildman–Crippen LogP) is 4.38. The maximum absolute atomic E-state index is 14.3. The molecule has 5 nitrogen and oxygen atoms in total. The summed E-state index contributed by atoms with van der Waals surface area (Å²) in [5.74, 6) is -7.38. The summed E-state index contributed by atoms with van der Waals surface area (Å²) < 4.78 is 51.1. The molecule has 0 aromatic heterocycles. The minimum atomic E-state index is -1.53. The Kier molecular flexibility index (Phi) is 9.82. The van der Waals surface area contributed by atoms with Crippen LogP contribution in [0.4, 0.5) is 13.2 Å². The molecule has 0 saturated heterocycles.